The summed E-state index contributed by atoms with van der Waals surface area (Å²) >= 11 is 0. The number of ether oxygens (including phenoxy) is 2. The number of benzene rings is 2. The Morgan fingerprint density at radius 2 is 0.608 bits per heavy atom. The van der Waals surface area contributed by atoms with Gasteiger partial charge in [0.25, 0.3) is 0 Å². The molecule has 0 aliphatic carbocycles. The van der Waals surface area contributed by atoms with E-state index in [9.17, 15) is 80.1 Å². The first kappa shape index (κ1) is 164. The van der Waals surface area contributed by atoms with E-state index in [4.69, 9.17) is 0 Å². The van der Waals surface area contributed by atoms with Gasteiger partial charge in [0.2, 0.25) is 11.8 Å². The van der Waals surface area contributed by atoms with Crippen molar-refractivity contribution in [2.24, 2.45) is 0 Å². The maximum absolute atomic E-state index is 13.0. The zero-order valence-corrected chi connectivity index (χ0v) is 128. The van der Waals surface area contributed by atoms with Crippen LogP contribution in [0.15, 0.2) is 60.7 Å². The minimum absolute atomic E-state index is 0.00727. The molecule has 0 radical (unpaired) electrons. The Balaban J connectivity index is -0.000000171. The SMILES string of the molecule is CC[SiH2]C[SiH](C)C.CC[SiH2]C[SiH](C)C.CC[SiH](C)C[SiH](C)C.CC[SiH](C)C[SiH](C)C.CC[SiH](C[SiH](C)C)c1ccccc1.CC[SiH](C[SiH](C)C)c1ccccc1.C[SiH](C)C[SiH2]CCCC(F)(F)F.C[SiH](C)C[SiH2]CCCCCCF.C[SiH](C)C[SiH2]CCCCC[SiH2]C[SiH](C)C.C[SiH](C)C[SiH2]CCCNC(=O)CC(=O)NCCC[SiH2]C[SiH](C)C.FOCCC(F)(F)F.FOCOC(F)(COCC(F)(F)F)C(F)(F)F. The van der Waals surface area contributed by atoms with Gasteiger partial charge in [-0.05, 0) is 34.7 Å². The fourth-order valence-electron chi connectivity index (χ4n) is 14.4. The van der Waals surface area contributed by atoms with Crippen LogP contribution >= 0.6 is 0 Å². The van der Waals surface area contributed by atoms with Gasteiger partial charge in [0.15, 0.2) is 6.79 Å². The van der Waals surface area contributed by atoms with Crippen LogP contribution in [0.2, 0.25) is 311 Å². The standard InChI is InChI=1S/C15H38N2O2Si4.C11H32Si4.2C11H20Si2.C9H23FSi2.C7H17F3Si2.C6H6F8O3.2C6H18Si2.2C5H16Si2.C3H4F4O/c1-22(2)12-20-9-5-7-16-14(18)11-15(19)17-8-6-10-21-13-23(3)4;1-14(2)10-12-8-6-5-7-9-13-11-15(3)4;2*1-4-13(10-12(2)3)11-8-6-5-7-9-11;1-12(2)9-11-8-6-4-3-5-7-10;1-12(2)6-11-5-3-4-7(8,9)10;7-4(6(11,12)13,16-3-17-14)1-15-2-5(8,9)10;2*1-5-8(4)6-7(2)3;2*1-4-6-5-7(2)3;4-3(5,6)1-2-8-7/h22-23H,5-13,20-21H2,1-4H3,(H,16,18)(H,17,19);14-15H,5-13H2,1-4H3;2*5-9,12-13H,4,10H2,1-3H3;12H,3-9,11H2,1-2H3;12H,3-6,11H2,1-2H3;1-3H2;2*7-8H,5-6H2,1-4H3;2*7H,4-6H2,1-3H3;1-2H2. The predicted molar refractivity (Wildman–Crippen MR) is 683 cm³/mol. The van der Waals surface area contributed by atoms with Crippen LogP contribution in [-0.4, -0.2) is 306 Å². The van der Waals surface area contributed by atoms with Gasteiger partial charge in [-0.15, -0.1) is 0 Å². The number of nitrogens with one attached hydrogen (secondary N) is 2. The average Bonchev–Trinajstić information content (AvgIpc) is 0.821. The Labute approximate surface area is 914 Å². The van der Waals surface area contributed by atoms with Crippen LogP contribution < -0.4 is 21.0 Å². The maximum Gasteiger partial charge on any atom is 0.450 e. The van der Waals surface area contributed by atoms with Gasteiger partial charge < -0.3 is 20.1 Å². The molecule has 8 nitrogen and oxygen atoms in total. The van der Waals surface area contributed by atoms with Gasteiger partial charge in [-0.1, -0.05) is 462 Å². The molecule has 2 rings (SSSR count). The van der Waals surface area contributed by atoms with Crippen molar-refractivity contribution in [2.75, 3.05) is 46.4 Å². The molecule has 0 bridgehead atoms. The normalized spacial score (nSPS) is 13.4. The zero-order chi connectivity index (χ0) is 112. The number of hydrogen-bond acceptors (Lipinski definition) is 6. The van der Waals surface area contributed by atoms with E-state index in [1.165, 1.54) is 84.2 Å². The predicted octanol–water partition coefficient (Wildman–Crippen LogP) is 22.3. The van der Waals surface area contributed by atoms with E-state index in [-0.39, 0.29) is 168 Å². The van der Waals surface area contributed by atoms with Crippen molar-refractivity contribution in [3.05, 3.63) is 60.7 Å². The third-order valence-electron chi connectivity index (χ3n) is 23.1. The molecular weight excluding hydrogens is 2240 g/mol. The van der Waals surface area contributed by atoms with Crippen LogP contribution in [-0.2, 0) is 28.9 Å². The Kier molecular flexibility index (Phi) is 131. The molecule has 0 saturated heterocycles. The van der Waals surface area contributed by atoms with Gasteiger partial charge >= 0.3 is 30.6 Å². The first-order valence-corrected chi connectivity index (χ1v) is 120. The largest absolute Gasteiger partial charge is 0.450 e. The van der Waals surface area contributed by atoms with Crippen molar-refractivity contribution in [1.82, 2.24) is 10.6 Å². The first-order chi connectivity index (χ1) is 66.6. The first-order valence-electron chi connectivity index (χ1n) is 56.5. The van der Waals surface area contributed by atoms with Crippen LogP contribution in [0.3, 0.4) is 0 Å². The minimum atomic E-state index is -5.70. The summed E-state index contributed by atoms with van der Waals surface area (Å²) in [4.78, 5) is 28.6. The molecule has 0 aromatic heterocycles. The van der Waals surface area contributed by atoms with Gasteiger partial charge in [0, 0.05) is 219 Å². The number of halogens is 16. The van der Waals surface area contributed by atoms with Gasteiger partial charge in [0.05, 0.1) is 37.3 Å². The Morgan fingerprint density at radius 1 is 0.322 bits per heavy atom. The monoisotopic (exact) mass is 2470 g/mol. The highest BCUT2D eigenvalue weighted by Gasteiger charge is 2.58. The quantitative estimate of drug-likeness (QED) is 0.0225. The Bertz CT molecular complexity index is 2750. The molecule has 2 aromatic carbocycles. The van der Waals surface area contributed by atoms with Crippen LogP contribution in [0.1, 0.15) is 125 Å². The summed E-state index contributed by atoms with van der Waals surface area (Å²) in [5.41, 5.74) is 19.3. The molecule has 2 N–H and O–H groups in total. The number of carbonyl (C=O) groups is 2. The maximum atomic E-state index is 13.0. The van der Waals surface area contributed by atoms with Crippen LogP contribution in [0, 0.1) is 0 Å². The average molecular weight is 2470 g/mol. The van der Waals surface area contributed by atoms with E-state index in [2.05, 4.69) is 302 Å². The third-order valence-corrected chi connectivity index (χ3v) is 114. The molecule has 0 heterocycles. The molecule has 143 heavy (non-hydrogen) atoms. The van der Waals surface area contributed by atoms with Crippen LogP contribution in [0.5, 0.6) is 0 Å². The van der Waals surface area contributed by atoms with E-state index in [1.54, 1.807) is 92.7 Å². The molecule has 5 unspecified atom stereocenters. The molecule has 5 atom stereocenters. The fraction of sp³-hybridized carbons (Fsp3) is 0.853. The summed E-state index contributed by atoms with van der Waals surface area (Å²) in [6, 6.07) is 39.6. The molecule has 2 aromatic rings. The summed E-state index contributed by atoms with van der Waals surface area (Å²) in [5, 5.41) is 9.09. The Morgan fingerprint density at radius 3 is 0.832 bits per heavy atom. The zero-order valence-electron chi connectivity index (χ0n) is 97.8. The molecule has 0 fully saturated rings. The lowest BCUT2D eigenvalue weighted by Crippen LogP contribution is -2.48. The second-order valence-corrected chi connectivity index (χ2v) is 128. The van der Waals surface area contributed by atoms with Crippen molar-refractivity contribution in [2.45, 2.75) is 466 Å². The van der Waals surface area contributed by atoms with Crippen molar-refractivity contribution < 1.29 is 99.5 Å². The third kappa shape index (κ3) is 154. The molecule has 0 aliphatic heterocycles. The smallest absolute Gasteiger partial charge is 0.366 e. The molecule has 0 spiro atoms. The van der Waals surface area contributed by atoms with Gasteiger partial charge in [-0.2, -0.15) is 67.0 Å². The van der Waals surface area contributed by atoms with E-state index in [1.807, 2.05) is 0 Å². The highest BCUT2D eigenvalue weighted by molar-refractivity contribution is 6.85. The number of rotatable bonds is 65. The van der Waals surface area contributed by atoms with Crippen molar-refractivity contribution >= 4 is 239 Å². The number of hydrogen-bond donors (Lipinski definition) is 2. The molecule has 0 saturated carbocycles. The molecular formula is C95H228F16N2O6Si24. The molecule has 48 heteroatoms. The summed E-state index contributed by atoms with van der Waals surface area (Å²) in [6.45, 7) is 72.1. The summed E-state index contributed by atoms with van der Waals surface area (Å²) < 4.78 is 192. The summed E-state index contributed by atoms with van der Waals surface area (Å²) in [5.74, 6) is -4.82. The van der Waals surface area contributed by atoms with E-state index in [0.29, 0.717) is 54.0 Å². The molecule has 2 amide bonds. The van der Waals surface area contributed by atoms with Crippen LogP contribution in [0.25, 0.3) is 0 Å². The van der Waals surface area contributed by atoms with Crippen molar-refractivity contribution in [1.29, 1.82) is 0 Å². The second-order valence-electron chi connectivity index (χ2n) is 44.3. The lowest BCUT2D eigenvalue weighted by Gasteiger charge is -2.26. The van der Waals surface area contributed by atoms with Gasteiger partial charge in [-0.25, -0.2) is 0 Å². The topological polar surface area (TPSA) is 95.1 Å². The molecule has 0 aliphatic rings. The lowest BCUT2D eigenvalue weighted by atomic mass is 10.2. The number of alkyl halides is 14. The number of amides is 2. The molecule has 862 valence electrons. The number of unbranched alkanes of at least 4 members (excludes halogenated alkanes) is 5. The fourth-order valence-corrected chi connectivity index (χ4v) is 86.7. The van der Waals surface area contributed by atoms with Crippen molar-refractivity contribution in [3.8, 4) is 0 Å². The van der Waals surface area contributed by atoms with Crippen LogP contribution in [0.4, 0.5) is 70.5 Å². The van der Waals surface area contributed by atoms with Gasteiger partial charge in [0.1, 0.15) is 19.6 Å². The minimum Gasteiger partial charge on any atom is -0.366 e. The Hall–Kier alpha value is 1.31. The van der Waals surface area contributed by atoms with E-state index < -0.39 is 96.4 Å². The van der Waals surface area contributed by atoms with E-state index >= 15 is 0 Å². The summed E-state index contributed by atoms with van der Waals surface area (Å²) in [6.07, 6.45) is -8.83. The van der Waals surface area contributed by atoms with Crippen molar-refractivity contribution in [3.63, 3.8) is 0 Å². The second kappa shape index (κ2) is 114. The lowest BCUT2D eigenvalue weighted by molar-refractivity contribution is -0.381. The van der Waals surface area contributed by atoms with Gasteiger partial charge in [-0.3, -0.25) is 14.0 Å². The highest BCUT2D eigenvalue weighted by Crippen LogP contribution is 2.36. The van der Waals surface area contributed by atoms with E-state index in [0.717, 1.165) is 44.8 Å². The number of carbonyl (C=O) groups excluding carboxylic acids is 2. The highest BCUT2D eigenvalue weighted by atomic mass is 28.4. The summed E-state index contributed by atoms with van der Waals surface area (Å²) in [7, 11) is -2.58.